The molecule has 1 aliphatic rings. The van der Waals surface area contributed by atoms with Crippen LogP contribution in [0.2, 0.25) is 0 Å². The lowest BCUT2D eigenvalue weighted by molar-refractivity contribution is -0.143. The van der Waals surface area contributed by atoms with E-state index < -0.39 is 47.0 Å². The molecule has 0 unspecified atom stereocenters. The second-order valence-electron chi connectivity index (χ2n) is 5.07. The van der Waals surface area contributed by atoms with E-state index in [1.54, 1.807) is 0 Å². The molecule has 112 valence electrons. The van der Waals surface area contributed by atoms with Crippen LogP contribution in [0, 0.1) is 11.6 Å². The van der Waals surface area contributed by atoms with Gasteiger partial charge in [-0.3, -0.25) is 19.7 Å². The summed E-state index contributed by atoms with van der Waals surface area (Å²) in [7, 11) is 0. The summed E-state index contributed by atoms with van der Waals surface area (Å²) in [6.07, 6.45) is 0. The molecule has 0 atom stereocenters. The fourth-order valence-corrected chi connectivity index (χ4v) is 2.39. The smallest absolute Gasteiger partial charge is 0.261 e. The molecule has 2 rings (SSSR count). The summed E-state index contributed by atoms with van der Waals surface area (Å²) in [6.45, 7) is 2.33. The van der Waals surface area contributed by atoms with Crippen molar-refractivity contribution in [2.45, 2.75) is 19.4 Å². The van der Waals surface area contributed by atoms with Crippen molar-refractivity contribution in [3.05, 3.63) is 33.8 Å². The largest absolute Gasteiger partial charge is 0.315 e. The number of nitrogens with zero attached hydrogens (tertiary/aromatic N) is 1. The van der Waals surface area contributed by atoms with Crippen LogP contribution in [-0.2, 0) is 9.59 Å². The first-order valence-electron chi connectivity index (χ1n) is 5.95. The number of hydrogen-bond donors (Lipinski definition) is 1. The number of amides is 3. The van der Waals surface area contributed by atoms with Crippen LogP contribution in [0.5, 0.6) is 0 Å². The summed E-state index contributed by atoms with van der Waals surface area (Å²) < 4.78 is 27.9. The third kappa shape index (κ3) is 2.67. The molecule has 1 aromatic carbocycles. The maximum absolute atomic E-state index is 13.9. The standard InChI is InChI=1S/C13H11BrF2N2O3/c1-13(2)12(21)17-9(19)5-18(13)11(20)10-7(15)3-6(14)4-8(10)16/h3-4H,5H2,1-2H3,(H,17,19,21). The zero-order valence-electron chi connectivity index (χ0n) is 11.2. The third-order valence-electron chi connectivity index (χ3n) is 3.25. The van der Waals surface area contributed by atoms with Crippen LogP contribution in [0.4, 0.5) is 8.78 Å². The number of nitrogens with one attached hydrogen (secondary N) is 1. The normalized spacial score (nSPS) is 17.7. The highest BCUT2D eigenvalue weighted by Crippen LogP contribution is 2.25. The Morgan fingerprint density at radius 1 is 1.29 bits per heavy atom. The van der Waals surface area contributed by atoms with Crippen LogP contribution in [-0.4, -0.2) is 34.7 Å². The van der Waals surface area contributed by atoms with Crippen molar-refractivity contribution in [2.75, 3.05) is 6.54 Å². The average Bonchev–Trinajstić information content (AvgIpc) is 2.32. The molecule has 1 fully saturated rings. The molecule has 1 aliphatic heterocycles. The quantitative estimate of drug-likeness (QED) is 0.773. The van der Waals surface area contributed by atoms with Gasteiger partial charge in [-0.2, -0.15) is 0 Å². The molecule has 8 heteroatoms. The van der Waals surface area contributed by atoms with Gasteiger partial charge < -0.3 is 4.90 Å². The lowest BCUT2D eigenvalue weighted by Crippen LogP contribution is -2.65. The molecule has 0 radical (unpaired) electrons. The topological polar surface area (TPSA) is 66.5 Å². The van der Waals surface area contributed by atoms with Gasteiger partial charge in [0.2, 0.25) is 5.91 Å². The maximum atomic E-state index is 13.9. The number of piperazine rings is 1. The Morgan fingerprint density at radius 3 is 2.33 bits per heavy atom. The Kier molecular flexibility index (Phi) is 3.83. The van der Waals surface area contributed by atoms with E-state index in [1.165, 1.54) is 13.8 Å². The second-order valence-corrected chi connectivity index (χ2v) is 5.99. The van der Waals surface area contributed by atoms with Gasteiger partial charge in [-0.1, -0.05) is 15.9 Å². The van der Waals surface area contributed by atoms with E-state index in [1.807, 2.05) is 0 Å². The van der Waals surface area contributed by atoms with Crippen molar-refractivity contribution in [1.82, 2.24) is 10.2 Å². The van der Waals surface area contributed by atoms with Crippen LogP contribution in [0.15, 0.2) is 16.6 Å². The van der Waals surface area contributed by atoms with Crippen LogP contribution >= 0.6 is 15.9 Å². The molecule has 21 heavy (non-hydrogen) atoms. The van der Waals surface area contributed by atoms with Gasteiger partial charge in [0.05, 0.1) is 0 Å². The van der Waals surface area contributed by atoms with Gasteiger partial charge in [0, 0.05) is 4.47 Å². The number of halogens is 3. The van der Waals surface area contributed by atoms with Crippen LogP contribution in [0.1, 0.15) is 24.2 Å². The Labute approximate surface area is 127 Å². The van der Waals surface area contributed by atoms with E-state index in [2.05, 4.69) is 21.2 Å². The number of rotatable bonds is 1. The van der Waals surface area contributed by atoms with Crippen LogP contribution in [0.25, 0.3) is 0 Å². The van der Waals surface area contributed by atoms with Crippen molar-refractivity contribution in [2.24, 2.45) is 0 Å². The first-order valence-corrected chi connectivity index (χ1v) is 6.74. The minimum absolute atomic E-state index is 0.140. The summed E-state index contributed by atoms with van der Waals surface area (Å²) in [4.78, 5) is 36.4. The van der Waals surface area contributed by atoms with Crippen molar-refractivity contribution in [3.8, 4) is 0 Å². The van der Waals surface area contributed by atoms with Gasteiger partial charge in [0.25, 0.3) is 11.8 Å². The molecule has 1 heterocycles. The average molecular weight is 361 g/mol. The zero-order chi connectivity index (χ0) is 15.9. The molecule has 0 aromatic heterocycles. The molecule has 3 amide bonds. The first-order chi connectivity index (χ1) is 9.64. The number of carbonyl (C=O) groups excluding carboxylic acids is 3. The summed E-state index contributed by atoms with van der Waals surface area (Å²) >= 11 is 2.91. The Balaban J connectivity index is 2.48. The maximum Gasteiger partial charge on any atom is 0.261 e. The van der Waals surface area contributed by atoms with E-state index in [9.17, 15) is 23.2 Å². The second kappa shape index (κ2) is 5.18. The van der Waals surface area contributed by atoms with E-state index in [0.29, 0.717) is 0 Å². The van der Waals surface area contributed by atoms with Gasteiger partial charge in [-0.15, -0.1) is 0 Å². The van der Waals surface area contributed by atoms with E-state index in [4.69, 9.17) is 0 Å². The monoisotopic (exact) mass is 360 g/mol. The number of imide groups is 1. The molecule has 1 aromatic rings. The van der Waals surface area contributed by atoms with Gasteiger partial charge in [-0.05, 0) is 26.0 Å². The number of carbonyl (C=O) groups is 3. The summed E-state index contributed by atoms with van der Waals surface area (Å²) in [5.41, 5.74) is -2.19. The SMILES string of the molecule is CC1(C)C(=O)NC(=O)CN1C(=O)c1c(F)cc(Br)cc1F. The predicted molar refractivity (Wildman–Crippen MR) is 72.3 cm³/mol. The van der Waals surface area contributed by atoms with Gasteiger partial charge in [0.15, 0.2) is 0 Å². The lowest BCUT2D eigenvalue weighted by atomic mass is 9.97. The van der Waals surface area contributed by atoms with Gasteiger partial charge in [-0.25, -0.2) is 8.78 Å². The minimum Gasteiger partial charge on any atom is -0.315 e. The van der Waals surface area contributed by atoms with Gasteiger partial charge >= 0.3 is 0 Å². The predicted octanol–water partition coefficient (Wildman–Crippen LogP) is 1.60. The fourth-order valence-electron chi connectivity index (χ4n) is 1.99. The molecule has 5 nitrogen and oxygen atoms in total. The highest BCUT2D eigenvalue weighted by Gasteiger charge is 2.44. The highest BCUT2D eigenvalue weighted by atomic mass is 79.9. The molecule has 0 spiro atoms. The number of benzene rings is 1. The summed E-state index contributed by atoms with van der Waals surface area (Å²) in [5.74, 6) is -4.59. The Morgan fingerprint density at radius 2 is 1.81 bits per heavy atom. The highest BCUT2D eigenvalue weighted by molar-refractivity contribution is 9.10. The number of hydrogen-bond acceptors (Lipinski definition) is 3. The molecule has 0 bridgehead atoms. The lowest BCUT2D eigenvalue weighted by Gasteiger charge is -2.40. The van der Waals surface area contributed by atoms with E-state index in [-0.39, 0.29) is 4.47 Å². The minimum atomic E-state index is -1.39. The van der Waals surface area contributed by atoms with Crippen molar-refractivity contribution < 1.29 is 23.2 Å². The van der Waals surface area contributed by atoms with Crippen LogP contribution in [0.3, 0.4) is 0 Å². The summed E-state index contributed by atoms with van der Waals surface area (Å²) in [5, 5.41) is 2.08. The van der Waals surface area contributed by atoms with Crippen molar-refractivity contribution in [3.63, 3.8) is 0 Å². The zero-order valence-corrected chi connectivity index (χ0v) is 12.8. The molecular formula is C13H11BrF2N2O3. The van der Waals surface area contributed by atoms with Crippen molar-refractivity contribution in [1.29, 1.82) is 0 Å². The molecule has 0 aliphatic carbocycles. The molecule has 1 saturated heterocycles. The molecular weight excluding hydrogens is 350 g/mol. The Hall–Kier alpha value is -1.83. The third-order valence-corrected chi connectivity index (χ3v) is 3.71. The molecule has 0 saturated carbocycles. The van der Waals surface area contributed by atoms with E-state index in [0.717, 1.165) is 17.0 Å². The van der Waals surface area contributed by atoms with Gasteiger partial charge in [0.1, 0.15) is 29.3 Å². The van der Waals surface area contributed by atoms with Crippen LogP contribution < -0.4 is 5.32 Å². The first kappa shape index (κ1) is 15.6. The van der Waals surface area contributed by atoms with E-state index >= 15 is 0 Å². The van der Waals surface area contributed by atoms with Crippen molar-refractivity contribution >= 4 is 33.7 Å². The molecule has 1 N–H and O–H groups in total. The fraction of sp³-hybridized carbons (Fsp3) is 0.308. The Bertz CT molecular complexity index is 638. The summed E-state index contributed by atoms with van der Waals surface area (Å²) in [6, 6.07) is 1.88.